The number of nitrogens with zero attached hydrogens (tertiary/aromatic N) is 3. The minimum absolute atomic E-state index is 0.0137. The second-order valence-electron chi connectivity index (χ2n) is 5.11. The molecule has 0 N–H and O–H groups in total. The van der Waals surface area contributed by atoms with Gasteiger partial charge in [0.2, 0.25) is 0 Å². The molecule has 0 aromatic carbocycles. The van der Waals surface area contributed by atoms with E-state index in [0.717, 1.165) is 25.7 Å². The lowest BCUT2D eigenvalue weighted by atomic mass is 10.2. The van der Waals surface area contributed by atoms with E-state index in [1.54, 1.807) is 4.57 Å². The third-order valence-electron chi connectivity index (χ3n) is 3.79. The number of esters is 1. The number of sulfonamides is 1. The molecule has 8 heteroatoms. The third kappa shape index (κ3) is 3.44. The molecule has 1 heterocycles. The maximum atomic E-state index is 12.7. The minimum atomic E-state index is -3.78. The first-order chi connectivity index (χ1) is 9.98. The number of carbonyl (C=O) groups is 1. The largest absolute Gasteiger partial charge is 0.468 e. The van der Waals surface area contributed by atoms with Crippen LogP contribution in [0.25, 0.3) is 0 Å². The molecular weight excluding hydrogens is 294 g/mol. The Morgan fingerprint density at radius 3 is 2.67 bits per heavy atom. The third-order valence-corrected chi connectivity index (χ3v) is 5.58. The van der Waals surface area contributed by atoms with Crippen LogP contribution in [0.3, 0.4) is 0 Å². The van der Waals surface area contributed by atoms with E-state index in [1.165, 1.54) is 23.9 Å². The van der Waals surface area contributed by atoms with Gasteiger partial charge in [0.15, 0.2) is 5.03 Å². The van der Waals surface area contributed by atoms with Crippen LogP contribution in [-0.4, -0.2) is 47.9 Å². The molecule has 2 rings (SSSR count). The number of aryl methyl sites for hydroxylation is 1. The van der Waals surface area contributed by atoms with Crippen molar-refractivity contribution in [1.82, 2.24) is 13.9 Å². The van der Waals surface area contributed by atoms with Crippen molar-refractivity contribution >= 4 is 16.0 Å². The molecule has 0 bridgehead atoms. The lowest BCUT2D eigenvalue weighted by molar-refractivity contribution is -0.141. The quantitative estimate of drug-likeness (QED) is 0.732. The average Bonchev–Trinajstić information content (AvgIpc) is 3.14. The molecule has 0 spiro atoms. The van der Waals surface area contributed by atoms with Crippen LogP contribution < -0.4 is 0 Å². The van der Waals surface area contributed by atoms with Crippen molar-refractivity contribution in [3.63, 3.8) is 0 Å². The Hall–Kier alpha value is -1.41. The zero-order valence-electron chi connectivity index (χ0n) is 12.4. The summed E-state index contributed by atoms with van der Waals surface area (Å²) in [5.41, 5.74) is 0. The molecule has 0 radical (unpaired) electrons. The van der Waals surface area contributed by atoms with E-state index >= 15 is 0 Å². The van der Waals surface area contributed by atoms with Crippen LogP contribution in [0.5, 0.6) is 0 Å². The maximum Gasteiger partial charge on any atom is 0.321 e. The van der Waals surface area contributed by atoms with E-state index in [4.69, 9.17) is 0 Å². The summed E-state index contributed by atoms with van der Waals surface area (Å²) >= 11 is 0. The summed E-state index contributed by atoms with van der Waals surface area (Å²) in [7, 11) is -2.52. The van der Waals surface area contributed by atoms with Crippen LogP contribution in [0, 0.1) is 0 Å². The van der Waals surface area contributed by atoms with Crippen molar-refractivity contribution in [2.75, 3.05) is 13.7 Å². The molecule has 0 atom stereocenters. The highest BCUT2D eigenvalue weighted by Crippen LogP contribution is 2.28. The van der Waals surface area contributed by atoms with Crippen molar-refractivity contribution in [2.45, 2.75) is 50.2 Å². The minimum Gasteiger partial charge on any atom is -0.468 e. The van der Waals surface area contributed by atoms with Crippen molar-refractivity contribution in [1.29, 1.82) is 0 Å². The van der Waals surface area contributed by atoms with Gasteiger partial charge in [-0.15, -0.1) is 0 Å². The van der Waals surface area contributed by atoms with Crippen LogP contribution in [-0.2, 0) is 26.1 Å². The van der Waals surface area contributed by atoms with Crippen LogP contribution in [0.4, 0.5) is 0 Å². The average molecular weight is 315 g/mol. The van der Waals surface area contributed by atoms with Gasteiger partial charge in [-0.3, -0.25) is 4.79 Å². The molecule has 7 nitrogen and oxygen atoms in total. The summed E-state index contributed by atoms with van der Waals surface area (Å²) in [6, 6.07) is -0.152. The molecule has 1 aliphatic carbocycles. The number of hydrogen-bond donors (Lipinski definition) is 0. The Balaban J connectivity index is 2.30. The standard InChI is InChI=1S/C13H21N3O4S/c1-3-15-8-12(14-10-15)21(18,19)16(9-13(17)20-2)11-6-4-5-7-11/h8,10-11H,3-7,9H2,1-2H3. The Morgan fingerprint density at radius 1 is 1.48 bits per heavy atom. The van der Waals surface area contributed by atoms with E-state index in [-0.39, 0.29) is 17.6 Å². The molecule has 1 fully saturated rings. The Labute approximate surface area is 125 Å². The van der Waals surface area contributed by atoms with Gasteiger partial charge in [0, 0.05) is 18.8 Å². The lowest BCUT2D eigenvalue weighted by Gasteiger charge is -2.25. The van der Waals surface area contributed by atoms with Crippen molar-refractivity contribution in [2.24, 2.45) is 0 Å². The number of ether oxygens (including phenoxy) is 1. The summed E-state index contributed by atoms with van der Waals surface area (Å²) in [5.74, 6) is -0.555. The highest BCUT2D eigenvalue weighted by molar-refractivity contribution is 7.89. The number of imidazole rings is 1. The maximum absolute atomic E-state index is 12.7. The molecule has 21 heavy (non-hydrogen) atoms. The van der Waals surface area contributed by atoms with Gasteiger partial charge in [-0.1, -0.05) is 12.8 Å². The van der Waals surface area contributed by atoms with Crippen LogP contribution in [0.2, 0.25) is 0 Å². The summed E-state index contributed by atoms with van der Waals surface area (Å²) < 4.78 is 33.0. The van der Waals surface area contributed by atoms with E-state index in [2.05, 4.69) is 9.72 Å². The Kier molecular flexibility index (Phi) is 5.00. The van der Waals surface area contributed by atoms with Crippen LogP contribution in [0.1, 0.15) is 32.6 Å². The van der Waals surface area contributed by atoms with Gasteiger partial charge in [0.05, 0.1) is 13.4 Å². The molecule has 0 aliphatic heterocycles. The first-order valence-electron chi connectivity index (χ1n) is 7.09. The predicted octanol–water partition coefficient (Wildman–Crippen LogP) is 1.01. The first-order valence-corrected chi connectivity index (χ1v) is 8.53. The normalized spacial score (nSPS) is 16.5. The monoisotopic (exact) mass is 315 g/mol. The van der Waals surface area contributed by atoms with Gasteiger partial charge in [0.1, 0.15) is 6.54 Å². The van der Waals surface area contributed by atoms with E-state index < -0.39 is 16.0 Å². The highest BCUT2D eigenvalue weighted by atomic mass is 32.2. The van der Waals surface area contributed by atoms with Gasteiger partial charge in [0.25, 0.3) is 10.0 Å². The second kappa shape index (κ2) is 6.57. The topological polar surface area (TPSA) is 81.5 Å². The van der Waals surface area contributed by atoms with Gasteiger partial charge in [-0.05, 0) is 19.8 Å². The van der Waals surface area contributed by atoms with Crippen molar-refractivity contribution in [3.8, 4) is 0 Å². The van der Waals surface area contributed by atoms with Gasteiger partial charge in [-0.25, -0.2) is 13.4 Å². The first kappa shape index (κ1) is 16.0. The number of rotatable bonds is 6. The number of hydrogen-bond acceptors (Lipinski definition) is 5. The second-order valence-corrected chi connectivity index (χ2v) is 6.94. The molecule has 118 valence electrons. The molecule has 0 amide bonds. The van der Waals surface area contributed by atoms with Crippen molar-refractivity contribution < 1.29 is 17.9 Å². The van der Waals surface area contributed by atoms with Gasteiger partial charge < -0.3 is 9.30 Å². The number of carbonyl (C=O) groups excluding carboxylic acids is 1. The summed E-state index contributed by atoms with van der Waals surface area (Å²) in [6.07, 6.45) is 6.46. The fourth-order valence-corrected chi connectivity index (χ4v) is 4.13. The molecular formula is C13H21N3O4S. The molecule has 1 saturated carbocycles. The van der Waals surface area contributed by atoms with E-state index in [0.29, 0.717) is 6.54 Å². The van der Waals surface area contributed by atoms with E-state index in [9.17, 15) is 13.2 Å². The zero-order chi connectivity index (χ0) is 15.5. The van der Waals surface area contributed by atoms with Crippen LogP contribution in [0.15, 0.2) is 17.6 Å². The molecule has 1 aromatic heterocycles. The molecule has 0 unspecified atom stereocenters. The van der Waals surface area contributed by atoms with Gasteiger partial charge in [-0.2, -0.15) is 4.31 Å². The molecule has 1 aromatic rings. The summed E-state index contributed by atoms with van der Waals surface area (Å²) in [4.78, 5) is 15.5. The summed E-state index contributed by atoms with van der Waals surface area (Å²) in [5, 5.41) is -0.0137. The lowest BCUT2D eigenvalue weighted by Crippen LogP contribution is -2.42. The smallest absolute Gasteiger partial charge is 0.321 e. The predicted molar refractivity (Wildman–Crippen MR) is 76.1 cm³/mol. The summed E-state index contributed by atoms with van der Waals surface area (Å²) in [6.45, 7) is 2.28. The van der Waals surface area contributed by atoms with Crippen LogP contribution >= 0.6 is 0 Å². The SMILES string of the molecule is CCn1cnc(S(=O)(=O)N(CC(=O)OC)C2CCCC2)c1. The highest BCUT2D eigenvalue weighted by Gasteiger charge is 2.36. The number of aromatic nitrogens is 2. The zero-order valence-corrected chi connectivity index (χ0v) is 13.2. The van der Waals surface area contributed by atoms with E-state index in [1.807, 2.05) is 6.92 Å². The Bertz CT molecular complexity index is 590. The molecule has 1 aliphatic rings. The fourth-order valence-electron chi connectivity index (χ4n) is 2.56. The van der Waals surface area contributed by atoms with Crippen molar-refractivity contribution in [3.05, 3.63) is 12.5 Å². The molecule has 0 saturated heterocycles. The number of methoxy groups -OCH3 is 1. The van der Waals surface area contributed by atoms with Gasteiger partial charge >= 0.3 is 5.97 Å². The Morgan fingerprint density at radius 2 is 2.14 bits per heavy atom. The fraction of sp³-hybridized carbons (Fsp3) is 0.692.